The van der Waals surface area contributed by atoms with E-state index in [1.807, 2.05) is 12.3 Å². The number of hydrogen-bond donors (Lipinski definition) is 2. The minimum Gasteiger partial charge on any atom is -0.478 e. The summed E-state index contributed by atoms with van der Waals surface area (Å²) in [5, 5.41) is 17.4. The third-order valence-corrected chi connectivity index (χ3v) is 6.37. The van der Waals surface area contributed by atoms with Gasteiger partial charge in [0.1, 0.15) is 0 Å². The molecule has 0 atom stereocenters. The van der Waals surface area contributed by atoms with Crippen molar-refractivity contribution in [1.82, 2.24) is 4.98 Å². The van der Waals surface area contributed by atoms with Crippen molar-refractivity contribution in [2.45, 2.75) is 84.5 Å². The van der Waals surface area contributed by atoms with Crippen LogP contribution in [0.25, 0.3) is 0 Å². The van der Waals surface area contributed by atoms with Crippen molar-refractivity contribution in [2.24, 2.45) is 0 Å². The van der Waals surface area contributed by atoms with Crippen LogP contribution in [-0.2, 0) is 6.42 Å². The number of carboxylic acid groups (broad SMARTS) is 2. The number of rotatable bonds is 13. The molecular weight excluding hydrogens is 557 g/mol. The topological polar surface area (TPSA) is 87.5 Å². The Morgan fingerprint density at radius 2 is 1.14 bits per heavy atom. The fraction of sp³-hybridized carbons (Fsp3) is 0.406. The summed E-state index contributed by atoms with van der Waals surface area (Å²) < 4.78 is 60.0. The van der Waals surface area contributed by atoms with Crippen LogP contribution in [0, 0.1) is 36.0 Å². The molecule has 0 fully saturated rings. The second-order valence-electron chi connectivity index (χ2n) is 9.62. The van der Waals surface area contributed by atoms with Gasteiger partial charge in [-0.15, -0.1) is 0 Å². The van der Waals surface area contributed by atoms with Gasteiger partial charge in [-0.05, 0) is 49.6 Å². The van der Waals surface area contributed by atoms with E-state index >= 15 is 0 Å². The molecule has 0 unspecified atom stereocenters. The highest BCUT2D eigenvalue weighted by molar-refractivity contribution is 5.96. The van der Waals surface area contributed by atoms with Crippen LogP contribution in [0.5, 0.6) is 0 Å². The number of nitrogens with zero attached hydrogens (tertiary/aromatic N) is 1. The van der Waals surface area contributed by atoms with Gasteiger partial charge in [0.05, 0.1) is 11.1 Å². The highest BCUT2D eigenvalue weighted by atomic mass is 19.2. The Labute approximate surface area is 243 Å². The van der Waals surface area contributed by atoms with Gasteiger partial charge in [0.2, 0.25) is 5.82 Å². The van der Waals surface area contributed by atoms with E-state index < -0.39 is 41.0 Å². The molecule has 0 spiro atoms. The van der Waals surface area contributed by atoms with Crippen LogP contribution in [0.1, 0.15) is 103 Å². The third-order valence-electron chi connectivity index (χ3n) is 6.37. The molecule has 2 N–H and O–H groups in total. The predicted octanol–water partition coefficient (Wildman–Crippen LogP) is 9.32. The van der Waals surface area contributed by atoms with Crippen LogP contribution in [-0.4, -0.2) is 27.1 Å². The molecule has 230 valence electrons. The molecule has 0 saturated heterocycles. The second-order valence-corrected chi connectivity index (χ2v) is 9.62. The number of aromatic carboxylic acids is 2. The van der Waals surface area contributed by atoms with Crippen LogP contribution < -0.4 is 0 Å². The SMILES string of the molecule is CCCCCCCCCCCCc1ccccn1.Cc1c(C(=O)O)cccc1C(=O)O.Fc1cc(F)c(F)c(F)c1F. The number of carbonyl (C=O) groups is 2. The molecule has 42 heavy (non-hydrogen) atoms. The molecule has 5 nitrogen and oxygen atoms in total. The Balaban J connectivity index is 0.000000326. The lowest BCUT2D eigenvalue weighted by Gasteiger charge is -2.03. The van der Waals surface area contributed by atoms with Gasteiger partial charge in [0.25, 0.3) is 0 Å². The first kappa shape index (κ1) is 36.2. The normalized spacial score (nSPS) is 10.3. The Morgan fingerprint density at radius 1 is 0.667 bits per heavy atom. The van der Waals surface area contributed by atoms with Gasteiger partial charge in [0, 0.05) is 18.0 Å². The van der Waals surface area contributed by atoms with Gasteiger partial charge < -0.3 is 10.2 Å². The molecule has 10 heteroatoms. The first-order valence-corrected chi connectivity index (χ1v) is 14.0. The summed E-state index contributed by atoms with van der Waals surface area (Å²) in [4.78, 5) is 25.6. The van der Waals surface area contributed by atoms with Gasteiger partial charge in [0.15, 0.2) is 23.3 Å². The average molecular weight is 596 g/mol. The lowest BCUT2D eigenvalue weighted by atomic mass is 10.0. The summed E-state index contributed by atoms with van der Waals surface area (Å²) in [7, 11) is 0. The maximum Gasteiger partial charge on any atom is 0.335 e. The Hall–Kier alpha value is -3.82. The molecule has 0 aliphatic heterocycles. The lowest BCUT2D eigenvalue weighted by molar-refractivity contribution is 0.0696. The monoisotopic (exact) mass is 595 g/mol. The average Bonchev–Trinajstić information content (AvgIpc) is 2.97. The number of hydrogen-bond acceptors (Lipinski definition) is 3. The number of aromatic nitrogens is 1. The second kappa shape index (κ2) is 20.1. The van der Waals surface area contributed by atoms with E-state index in [1.165, 1.54) is 95.0 Å². The molecule has 3 rings (SSSR count). The van der Waals surface area contributed by atoms with Crippen molar-refractivity contribution in [3.05, 3.63) is 100 Å². The Kier molecular flexibility index (Phi) is 17.3. The molecule has 0 aliphatic carbocycles. The van der Waals surface area contributed by atoms with E-state index in [0.29, 0.717) is 0 Å². The summed E-state index contributed by atoms with van der Waals surface area (Å²) in [5.74, 6) is -11.9. The summed E-state index contributed by atoms with van der Waals surface area (Å²) in [6.45, 7) is 3.76. The van der Waals surface area contributed by atoms with E-state index in [0.717, 1.165) is 6.42 Å². The number of halogens is 5. The lowest BCUT2D eigenvalue weighted by Crippen LogP contribution is -2.06. The van der Waals surface area contributed by atoms with Crippen molar-refractivity contribution in [3.8, 4) is 0 Å². The zero-order valence-corrected chi connectivity index (χ0v) is 23.9. The zero-order valence-electron chi connectivity index (χ0n) is 23.9. The molecule has 0 amide bonds. The maximum absolute atomic E-state index is 12.0. The van der Waals surface area contributed by atoms with E-state index in [-0.39, 0.29) is 22.8 Å². The van der Waals surface area contributed by atoms with Crippen LogP contribution in [0.4, 0.5) is 22.0 Å². The molecule has 1 heterocycles. The van der Waals surface area contributed by atoms with Gasteiger partial charge >= 0.3 is 11.9 Å². The molecule has 0 radical (unpaired) electrons. The van der Waals surface area contributed by atoms with Gasteiger partial charge in [-0.3, -0.25) is 4.98 Å². The van der Waals surface area contributed by atoms with Crippen LogP contribution >= 0.6 is 0 Å². The Morgan fingerprint density at radius 3 is 1.57 bits per heavy atom. The summed E-state index contributed by atoms with van der Waals surface area (Å²) in [5.41, 5.74) is 1.58. The first-order valence-electron chi connectivity index (χ1n) is 14.0. The number of benzene rings is 2. The van der Waals surface area contributed by atoms with Gasteiger partial charge in [-0.2, -0.15) is 0 Å². The van der Waals surface area contributed by atoms with Crippen molar-refractivity contribution in [1.29, 1.82) is 0 Å². The van der Waals surface area contributed by atoms with Crippen LogP contribution in [0.15, 0.2) is 48.7 Å². The van der Waals surface area contributed by atoms with Gasteiger partial charge in [-0.25, -0.2) is 31.5 Å². The Bertz CT molecular complexity index is 1200. The smallest absolute Gasteiger partial charge is 0.335 e. The highest BCUT2D eigenvalue weighted by Gasteiger charge is 2.18. The molecule has 0 saturated carbocycles. The van der Waals surface area contributed by atoms with E-state index in [4.69, 9.17) is 10.2 Å². The zero-order chi connectivity index (χ0) is 31.5. The van der Waals surface area contributed by atoms with Crippen molar-refractivity contribution >= 4 is 11.9 Å². The standard InChI is InChI=1S/C17H29N.C9H8O4.C6HF5/c1-2-3-4-5-6-7-8-9-10-11-14-17-15-12-13-16-18-17;1-5-6(8(10)11)3-2-4-7(5)9(12)13;7-2-1-3(8)5(10)6(11)4(2)9/h12-13,15-16H,2-11,14H2,1H3;2-4H,1H3,(H,10,11)(H,12,13);1H. The summed E-state index contributed by atoms with van der Waals surface area (Å²) in [6, 6.07) is 10.3. The van der Waals surface area contributed by atoms with E-state index in [2.05, 4.69) is 24.0 Å². The van der Waals surface area contributed by atoms with Gasteiger partial charge in [-0.1, -0.05) is 76.8 Å². The fourth-order valence-electron chi connectivity index (χ4n) is 3.98. The van der Waals surface area contributed by atoms with Crippen molar-refractivity contribution in [2.75, 3.05) is 0 Å². The predicted molar refractivity (Wildman–Crippen MR) is 151 cm³/mol. The quantitative estimate of drug-likeness (QED) is 0.0890. The summed E-state index contributed by atoms with van der Waals surface area (Å²) >= 11 is 0. The maximum atomic E-state index is 12.0. The van der Waals surface area contributed by atoms with Crippen molar-refractivity contribution < 1.29 is 41.8 Å². The van der Waals surface area contributed by atoms with E-state index in [1.54, 1.807) is 0 Å². The number of aryl methyl sites for hydroxylation is 1. The molecule has 1 aromatic heterocycles. The third kappa shape index (κ3) is 13.2. The van der Waals surface area contributed by atoms with E-state index in [9.17, 15) is 31.5 Å². The first-order chi connectivity index (χ1) is 20.0. The molecule has 0 aliphatic rings. The molecule has 2 aromatic carbocycles. The van der Waals surface area contributed by atoms with Crippen LogP contribution in [0.2, 0.25) is 0 Å². The van der Waals surface area contributed by atoms with Crippen LogP contribution in [0.3, 0.4) is 0 Å². The largest absolute Gasteiger partial charge is 0.478 e. The number of unbranched alkanes of at least 4 members (excludes halogenated alkanes) is 9. The number of pyridine rings is 1. The highest BCUT2D eigenvalue weighted by Crippen LogP contribution is 2.17. The molecule has 3 aromatic rings. The molecule has 0 bridgehead atoms. The fourth-order valence-corrected chi connectivity index (χ4v) is 3.98. The molecular formula is C32H38F5NO4. The minimum absolute atomic E-state index is 0.0277. The number of carboxylic acids is 2. The minimum atomic E-state index is -2.14. The summed E-state index contributed by atoms with van der Waals surface area (Å²) in [6.07, 6.45) is 17.1. The van der Waals surface area contributed by atoms with Crippen molar-refractivity contribution in [3.63, 3.8) is 0 Å².